The molecular weight excluding hydrogens is 528 g/mol. The molecule has 40 heavy (non-hydrogen) atoms. The van der Waals surface area contributed by atoms with Crippen molar-refractivity contribution in [2.45, 2.75) is 56.8 Å². The van der Waals surface area contributed by atoms with E-state index in [1.54, 1.807) is 0 Å². The van der Waals surface area contributed by atoms with Gasteiger partial charge in [0.15, 0.2) is 11.6 Å². The van der Waals surface area contributed by atoms with Crippen molar-refractivity contribution in [2.24, 2.45) is 11.3 Å². The molecule has 3 aliphatic rings. The zero-order chi connectivity index (χ0) is 28.3. The highest BCUT2D eigenvalue weighted by molar-refractivity contribution is 5.77. The largest absolute Gasteiger partial charge is 0.416 e. The van der Waals surface area contributed by atoms with E-state index in [1.807, 2.05) is 7.05 Å². The van der Waals surface area contributed by atoms with E-state index in [4.69, 9.17) is 4.74 Å². The predicted molar refractivity (Wildman–Crippen MR) is 142 cm³/mol. The van der Waals surface area contributed by atoms with Gasteiger partial charge in [-0.1, -0.05) is 12.1 Å². The van der Waals surface area contributed by atoms with Gasteiger partial charge in [-0.2, -0.15) is 17.6 Å². The summed E-state index contributed by atoms with van der Waals surface area (Å²) in [5, 5.41) is 9.37. The molecule has 2 unspecified atom stereocenters. The minimum absolute atomic E-state index is 0.0154. The lowest BCUT2D eigenvalue weighted by molar-refractivity contribution is -0.137. The molecule has 1 aromatic heterocycles. The maximum absolute atomic E-state index is 15.6. The van der Waals surface area contributed by atoms with Crippen LogP contribution in [0.3, 0.4) is 0 Å². The number of hydrogen-bond donors (Lipinski definition) is 3. The number of rotatable bonds is 10. The molecule has 2 aromatic rings. The van der Waals surface area contributed by atoms with Crippen LogP contribution >= 0.6 is 0 Å². The van der Waals surface area contributed by atoms with Gasteiger partial charge in [-0.3, -0.25) is 4.79 Å². The number of alkyl halides is 3. The molecule has 0 bridgehead atoms. The van der Waals surface area contributed by atoms with Gasteiger partial charge >= 0.3 is 6.18 Å². The van der Waals surface area contributed by atoms with Crippen LogP contribution in [0.4, 0.5) is 29.2 Å². The average Bonchev–Trinajstić information content (AvgIpc) is 3.68. The van der Waals surface area contributed by atoms with Gasteiger partial charge in [0.25, 0.3) is 0 Å². The maximum Gasteiger partial charge on any atom is 0.416 e. The third-order valence-corrected chi connectivity index (χ3v) is 8.25. The molecule has 2 atom stereocenters. The minimum Gasteiger partial charge on any atom is -0.381 e. The van der Waals surface area contributed by atoms with Crippen molar-refractivity contribution in [1.82, 2.24) is 20.2 Å². The first kappa shape index (κ1) is 28.5. The molecule has 12 heteroatoms. The Morgan fingerprint density at radius 2 is 1.82 bits per heavy atom. The van der Waals surface area contributed by atoms with Gasteiger partial charge in [0.1, 0.15) is 6.33 Å². The summed E-state index contributed by atoms with van der Waals surface area (Å²) >= 11 is 0. The number of carbonyl (C=O) groups is 1. The molecule has 1 aliphatic carbocycles. The smallest absolute Gasteiger partial charge is 0.381 e. The zero-order valence-corrected chi connectivity index (χ0v) is 22.6. The van der Waals surface area contributed by atoms with Crippen LogP contribution in [0.15, 0.2) is 30.6 Å². The van der Waals surface area contributed by atoms with Gasteiger partial charge in [0.2, 0.25) is 11.7 Å². The number of ether oxygens (including phenoxy) is 1. The molecule has 3 heterocycles. The number of benzene rings is 1. The maximum atomic E-state index is 15.6. The van der Waals surface area contributed by atoms with Gasteiger partial charge in [-0.05, 0) is 69.3 Å². The lowest BCUT2D eigenvalue weighted by Gasteiger charge is -2.37. The van der Waals surface area contributed by atoms with Crippen molar-refractivity contribution in [3.63, 3.8) is 0 Å². The van der Waals surface area contributed by atoms with Crippen molar-refractivity contribution in [1.29, 1.82) is 0 Å². The van der Waals surface area contributed by atoms with E-state index in [2.05, 4.69) is 30.8 Å². The van der Waals surface area contributed by atoms with Crippen molar-refractivity contribution in [2.75, 3.05) is 50.5 Å². The third kappa shape index (κ3) is 7.01. The number of aromatic nitrogens is 2. The van der Waals surface area contributed by atoms with Crippen molar-refractivity contribution >= 4 is 17.5 Å². The molecule has 3 N–H and O–H groups in total. The number of halogens is 4. The highest BCUT2D eigenvalue weighted by Crippen LogP contribution is 2.44. The van der Waals surface area contributed by atoms with E-state index in [9.17, 15) is 18.0 Å². The molecule has 2 saturated heterocycles. The number of likely N-dealkylation sites (N-methyl/N-ethyl adjacent to an activating group) is 1. The van der Waals surface area contributed by atoms with E-state index in [1.165, 1.54) is 18.5 Å². The molecule has 2 aliphatic heterocycles. The van der Waals surface area contributed by atoms with Gasteiger partial charge in [-0.25, -0.2) is 9.97 Å². The first-order chi connectivity index (χ1) is 19.1. The van der Waals surface area contributed by atoms with Gasteiger partial charge in [0.05, 0.1) is 11.6 Å². The number of anilines is 2. The number of nitrogens with one attached hydrogen (secondary N) is 3. The molecule has 1 aromatic carbocycles. The summed E-state index contributed by atoms with van der Waals surface area (Å²) in [5.74, 6) is -0.508. The van der Waals surface area contributed by atoms with Crippen LogP contribution in [0, 0.1) is 17.2 Å². The Morgan fingerprint density at radius 3 is 2.45 bits per heavy atom. The van der Waals surface area contributed by atoms with Crippen LogP contribution in [0.5, 0.6) is 0 Å². The number of carbonyl (C=O) groups excluding carboxylic acids is 1. The van der Waals surface area contributed by atoms with E-state index >= 15 is 4.39 Å². The number of likely N-dealkylation sites (tertiary alicyclic amines) is 1. The van der Waals surface area contributed by atoms with E-state index in [-0.39, 0.29) is 35.5 Å². The SMILES string of the molecule is CN1CCC(NC(=O)CC2(CNc3ncnc(NC(c4ccc(C(F)(F)F)cc4)C4CC4)c3F)CCOCC2)C1. The minimum atomic E-state index is -4.42. The van der Waals surface area contributed by atoms with E-state index in [0.717, 1.165) is 44.5 Å². The second kappa shape index (κ2) is 11.9. The summed E-state index contributed by atoms with van der Waals surface area (Å²) in [4.78, 5) is 23.3. The average molecular weight is 565 g/mol. The topological polar surface area (TPSA) is 91.4 Å². The molecule has 1 saturated carbocycles. The summed E-state index contributed by atoms with van der Waals surface area (Å²) in [6.45, 7) is 3.17. The summed E-state index contributed by atoms with van der Waals surface area (Å²) < 4.78 is 60.2. The Bertz CT molecular complexity index is 1170. The molecule has 5 rings (SSSR count). The zero-order valence-electron chi connectivity index (χ0n) is 22.6. The Balaban J connectivity index is 1.26. The normalized spacial score (nSPS) is 22.1. The van der Waals surface area contributed by atoms with Crippen molar-refractivity contribution < 1.29 is 27.1 Å². The molecular formula is C28H36F4N6O2. The van der Waals surface area contributed by atoms with Crippen LogP contribution in [0.2, 0.25) is 0 Å². The van der Waals surface area contributed by atoms with Crippen molar-refractivity contribution in [3.05, 3.63) is 47.5 Å². The quantitative estimate of drug-likeness (QED) is 0.363. The fourth-order valence-corrected chi connectivity index (χ4v) is 5.69. The molecule has 0 spiro atoms. The third-order valence-electron chi connectivity index (χ3n) is 8.25. The fraction of sp³-hybridized carbons (Fsp3) is 0.607. The van der Waals surface area contributed by atoms with Crippen LogP contribution in [0.25, 0.3) is 0 Å². The first-order valence-corrected chi connectivity index (χ1v) is 13.9. The van der Waals surface area contributed by atoms with E-state index in [0.29, 0.717) is 44.6 Å². The number of nitrogens with zero attached hydrogens (tertiary/aromatic N) is 3. The second-order valence-electron chi connectivity index (χ2n) is 11.4. The monoisotopic (exact) mass is 564 g/mol. The van der Waals surface area contributed by atoms with Crippen LogP contribution in [-0.2, 0) is 15.7 Å². The highest BCUT2D eigenvalue weighted by Gasteiger charge is 2.37. The van der Waals surface area contributed by atoms with E-state index < -0.39 is 23.0 Å². The lowest BCUT2D eigenvalue weighted by atomic mass is 9.77. The number of hydrogen-bond acceptors (Lipinski definition) is 7. The Kier molecular flexibility index (Phi) is 8.46. The summed E-state index contributed by atoms with van der Waals surface area (Å²) in [6, 6.07) is 4.72. The summed E-state index contributed by atoms with van der Waals surface area (Å²) in [5.41, 5.74) is -0.491. The predicted octanol–water partition coefficient (Wildman–Crippen LogP) is 4.62. The van der Waals surface area contributed by atoms with Gasteiger partial charge in [0, 0.05) is 44.2 Å². The van der Waals surface area contributed by atoms with Crippen LogP contribution in [0.1, 0.15) is 55.7 Å². The molecule has 8 nitrogen and oxygen atoms in total. The Labute approximate surface area is 231 Å². The van der Waals surface area contributed by atoms with Crippen LogP contribution in [-0.4, -0.2) is 66.7 Å². The lowest BCUT2D eigenvalue weighted by Crippen LogP contribution is -2.44. The second-order valence-corrected chi connectivity index (χ2v) is 11.4. The highest BCUT2D eigenvalue weighted by atomic mass is 19.4. The van der Waals surface area contributed by atoms with Crippen LogP contribution < -0.4 is 16.0 Å². The van der Waals surface area contributed by atoms with Gasteiger partial charge in [-0.15, -0.1) is 0 Å². The number of amides is 1. The van der Waals surface area contributed by atoms with Gasteiger partial charge < -0.3 is 25.6 Å². The standard InChI is InChI=1S/C28H36F4N6O2/c1-38-11-8-21(15-38)36-22(39)14-27(9-12-40-13-10-27)16-33-25-23(29)26(35-17-34-25)37-24(18-2-3-18)19-4-6-20(7-5-19)28(30,31)32/h4-7,17-18,21,24H,2-3,8-16H2,1H3,(H,36,39)(H2,33,34,35,37). The first-order valence-electron chi connectivity index (χ1n) is 13.9. The Morgan fingerprint density at radius 1 is 1.12 bits per heavy atom. The Hall–Kier alpha value is -2.99. The summed E-state index contributed by atoms with van der Waals surface area (Å²) in [7, 11) is 2.03. The molecule has 218 valence electrons. The van der Waals surface area contributed by atoms with Crippen molar-refractivity contribution in [3.8, 4) is 0 Å². The summed E-state index contributed by atoms with van der Waals surface area (Å²) in [6.07, 6.45) is 1.16. The molecule has 0 radical (unpaired) electrons. The molecule has 1 amide bonds. The molecule has 3 fully saturated rings. The fourth-order valence-electron chi connectivity index (χ4n) is 5.69.